The molecule has 0 atom stereocenters. The van der Waals surface area contributed by atoms with Crippen LogP contribution in [-0.2, 0) is 4.79 Å². The van der Waals surface area contributed by atoms with Crippen molar-refractivity contribution in [3.05, 3.63) is 83.2 Å². The molecular formula is C25H22FN3OS. The van der Waals surface area contributed by atoms with E-state index in [-0.39, 0.29) is 17.5 Å². The Morgan fingerprint density at radius 3 is 2.48 bits per heavy atom. The Labute approximate surface area is 184 Å². The van der Waals surface area contributed by atoms with E-state index in [1.807, 2.05) is 57.2 Å². The average molecular weight is 432 g/mol. The van der Waals surface area contributed by atoms with E-state index in [9.17, 15) is 9.18 Å². The van der Waals surface area contributed by atoms with E-state index in [4.69, 9.17) is 9.97 Å². The van der Waals surface area contributed by atoms with Crippen LogP contribution in [0.25, 0.3) is 22.3 Å². The number of benzene rings is 3. The van der Waals surface area contributed by atoms with Gasteiger partial charge in [0.1, 0.15) is 10.8 Å². The molecule has 0 aliphatic heterocycles. The fourth-order valence-corrected chi connectivity index (χ4v) is 4.19. The number of thioether (sulfide) groups is 1. The molecule has 6 heteroatoms. The number of hydrogen-bond donors (Lipinski definition) is 1. The number of para-hydroxylation sites is 1. The first-order valence-corrected chi connectivity index (χ1v) is 10.9. The zero-order valence-electron chi connectivity index (χ0n) is 17.6. The van der Waals surface area contributed by atoms with E-state index >= 15 is 0 Å². The number of nitrogens with zero attached hydrogens (tertiary/aromatic N) is 2. The summed E-state index contributed by atoms with van der Waals surface area (Å²) >= 11 is 1.37. The van der Waals surface area contributed by atoms with Crippen LogP contribution in [-0.4, -0.2) is 21.6 Å². The maximum absolute atomic E-state index is 13.3. The Balaban J connectivity index is 1.62. The molecule has 156 valence electrons. The van der Waals surface area contributed by atoms with Gasteiger partial charge in [-0.25, -0.2) is 14.4 Å². The summed E-state index contributed by atoms with van der Waals surface area (Å²) < 4.78 is 13.3. The predicted molar refractivity (Wildman–Crippen MR) is 125 cm³/mol. The summed E-state index contributed by atoms with van der Waals surface area (Å²) in [6, 6.07) is 18.0. The van der Waals surface area contributed by atoms with Crippen LogP contribution in [0.1, 0.15) is 16.7 Å². The molecule has 31 heavy (non-hydrogen) atoms. The van der Waals surface area contributed by atoms with Gasteiger partial charge >= 0.3 is 0 Å². The van der Waals surface area contributed by atoms with Crippen LogP contribution in [0.2, 0.25) is 0 Å². The molecule has 1 amide bonds. The number of halogens is 1. The molecule has 0 radical (unpaired) electrons. The van der Waals surface area contributed by atoms with Crippen molar-refractivity contribution in [2.24, 2.45) is 0 Å². The zero-order valence-corrected chi connectivity index (χ0v) is 18.4. The Morgan fingerprint density at radius 1 is 0.968 bits per heavy atom. The van der Waals surface area contributed by atoms with Gasteiger partial charge in [0.05, 0.1) is 11.3 Å². The third-order valence-corrected chi connectivity index (χ3v) is 5.98. The lowest BCUT2D eigenvalue weighted by molar-refractivity contribution is -0.113. The van der Waals surface area contributed by atoms with Crippen LogP contribution >= 0.6 is 11.8 Å². The van der Waals surface area contributed by atoms with E-state index in [0.717, 1.165) is 43.9 Å². The molecule has 4 aromatic rings. The van der Waals surface area contributed by atoms with Crippen molar-refractivity contribution in [3.63, 3.8) is 0 Å². The topological polar surface area (TPSA) is 54.9 Å². The van der Waals surface area contributed by atoms with Crippen LogP contribution < -0.4 is 5.32 Å². The Morgan fingerprint density at radius 2 is 1.74 bits per heavy atom. The fourth-order valence-electron chi connectivity index (χ4n) is 3.38. The van der Waals surface area contributed by atoms with Crippen LogP contribution in [0.3, 0.4) is 0 Å². The normalized spacial score (nSPS) is 11.0. The highest BCUT2D eigenvalue weighted by Crippen LogP contribution is 2.30. The highest BCUT2D eigenvalue weighted by molar-refractivity contribution is 8.00. The summed E-state index contributed by atoms with van der Waals surface area (Å²) in [5.74, 6) is 0.327. The predicted octanol–water partition coefficient (Wildman–Crippen LogP) is 6.09. The molecule has 0 aliphatic rings. The van der Waals surface area contributed by atoms with Gasteiger partial charge < -0.3 is 5.32 Å². The first kappa shape index (κ1) is 21.0. The van der Waals surface area contributed by atoms with E-state index in [1.165, 1.54) is 23.9 Å². The first-order valence-electron chi connectivity index (χ1n) is 9.94. The minimum Gasteiger partial charge on any atom is -0.325 e. The van der Waals surface area contributed by atoms with E-state index < -0.39 is 0 Å². The quantitative estimate of drug-likeness (QED) is 0.307. The molecule has 0 unspecified atom stereocenters. The molecule has 3 aromatic carbocycles. The lowest BCUT2D eigenvalue weighted by Crippen LogP contribution is -2.15. The number of aromatic nitrogens is 2. The fraction of sp³-hybridized carbons (Fsp3) is 0.160. The van der Waals surface area contributed by atoms with Gasteiger partial charge in [-0.1, -0.05) is 47.7 Å². The van der Waals surface area contributed by atoms with Crippen LogP contribution in [0, 0.1) is 26.6 Å². The largest absolute Gasteiger partial charge is 0.325 e. The molecule has 1 aromatic heterocycles. The third-order valence-electron chi connectivity index (χ3n) is 4.99. The first-order chi connectivity index (χ1) is 14.9. The maximum Gasteiger partial charge on any atom is 0.234 e. The monoisotopic (exact) mass is 431 g/mol. The van der Waals surface area contributed by atoms with Gasteiger partial charge in [-0.2, -0.15) is 0 Å². The van der Waals surface area contributed by atoms with E-state index in [0.29, 0.717) is 5.82 Å². The summed E-state index contributed by atoms with van der Waals surface area (Å²) in [6.07, 6.45) is 0. The number of aryl methyl sites for hydroxylation is 3. The third kappa shape index (κ3) is 4.75. The number of carbonyl (C=O) groups excluding carboxylic acids is 1. The number of nitrogens with one attached hydrogen (secondary N) is 1. The summed E-state index contributed by atoms with van der Waals surface area (Å²) in [6.45, 7) is 5.99. The Kier molecular flexibility index (Phi) is 6.00. The lowest BCUT2D eigenvalue weighted by Gasteiger charge is -2.11. The minimum atomic E-state index is -0.307. The molecule has 0 aliphatic carbocycles. The number of carbonyl (C=O) groups is 1. The van der Waals surface area contributed by atoms with E-state index in [1.54, 1.807) is 12.1 Å². The van der Waals surface area contributed by atoms with Gasteiger partial charge in [-0.05, 0) is 62.2 Å². The maximum atomic E-state index is 13.3. The lowest BCUT2D eigenvalue weighted by atomic mass is 10.1. The minimum absolute atomic E-state index is 0.0975. The highest BCUT2D eigenvalue weighted by atomic mass is 32.2. The molecule has 1 N–H and O–H groups in total. The van der Waals surface area contributed by atoms with Crippen molar-refractivity contribution in [2.75, 3.05) is 11.1 Å². The highest BCUT2D eigenvalue weighted by Gasteiger charge is 2.14. The second kappa shape index (κ2) is 8.86. The van der Waals surface area contributed by atoms with Gasteiger partial charge in [0.25, 0.3) is 0 Å². The summed E-state index contributed by atoms with van der Waals surface area (Å²) in [5, 5.41) is 4.60. The van der Waals surface area contributed by atoms with Crippen LogP contribution in [0.15, 0.2) is 65.7 Å². The number of hydrogen-bond acceptors (Lipinski definition) is 4. The van der Waals surface area contributed by atoms with Crippen molar-refractivity contribution in [1.82, 2.24) is 9.97 Å². The molecule has 0 saturated heterocycles. The second-order valence-electron chi connectivity index (χ2n) is 7.49. The summed E-state index contributed by atoms with van der Waals surface area (Å²) in [4.78, 5) is 22.0. The molecule has 1 heterocycles. The molecular weight excluding hydrogens is 409 g/mol. The number of anilines is 1. The Bertz CT molecular complexity index is 1270. The average Bonchev–Trinajstić information content (AvgIpc) is 2.75. The van der Waals surface area contributed by atoms with Crippen LogP contribution in [0.5, 0.6) is 0 Å². The van der Waals surface area contributed by atoms with Crippen molar-refractivity contribution >= 4 is 34.3 Å². The second-order valence-corrected chi connectivity index (χ2v) is 8.45. The number of rotatable bonds is 5. The van der Waals surface area contributed by atoms with Gasteiger partial charge in [-0.3, -0.25) is 4.79 Å². The number of amides is 1. The van der Waals surface area contributed by atoms with Crippen molar-refractivity contribution < 1.29 is 9.18 Å². The molecule has 0 saturated carbocycles. The van der Waals surface area contributed by atoms with Gasteiger partial charge in [0.2, 0.25) is 5.91 Å². The van der Waals surface area contributed by atoms with E-state index in [2.05, 4.69) is 5.32 Å². The molecule has 4 nitrogen and oxygen atoms in total. The number of fused-ring (bicyclic) bond motifs is 1. The standard InChI is InChI=1S/C25H22FN3OS/c1-15-7-12-21(17(3)13-15)27-22(30)14-31-25-20-6-4-5-16(2)23(20)28-24(29-25)18-8-10-19(26)11-9-18/h4-13H,14H2,1-3H3,(H,27,30). The van der Waals surface area contributed by atoms with Gasteiger partial charge in [-0.15, -0.1) is 0 Å². The van der Waals surface area contributed by atoms with Gasteiger partial charge in [0, 0.05) is 16.6 Å². The molecule has 0 spiro atoms. The summed E-state index contributed by atoms with van der Waals surface area (Å²) in [5.41, 5.74) is 5.57. The van der Waals surface area contributed by atoms with Crippen LogP contribution in [0.4, 0.5) is 10.1 Å². The SMILES string of the molecule is Cc1ccc(NC(=O)CSc2nc(-c3ccc(F)cc3)nc3c(C)cccc23)c(C)c1. The smallest absolute Gasteiger partial charge is 0.234 e. The van der Waals surface area contributed by atoms with Gasteiger partial charge in [0.15, 0.2) is 5.82 Å². The molecule has 0 bridgehead atoms. The Hall–Kier alpha value is -3.25. The van der Waals surface area contributed by atoms with Crippen molar-refractivity contribution in [2.45, 2.75) is 25.8 Å². The van der Waals surface area contributed by atoms with Crippen molar-refractivity contribution in [3.8, 4) is 11.4 Å². The molecule has 0 fully saturated rings. The zero-order chi connectivity index (χ0) is 22.0. The molecule has 4 rings (SSSR count). The summed E-state index contributed by atoms with van der Waals surface area (Å²) in [7, 11) is 0. The van der Waals surface area contributed by atoms with Crippen molar-refractivity contribution in [1.29, 1.82) is 0 Å².